The van der Waals surface area contributed by atoms with Crippen molar-refractivity contribution in [2.24, 2.45) is 0 Å². The third kappa shape index (κ3) is 1.95. The van der Waals surface area contributed by atoms with Gasteiger partial charge >= 0.3 is 29.6 Å². The quantitative estimate of drug-likeness (QED) is 0.477. The zero-order chi connectivity index (χ0) is 9.26. The third-order valence-electron chi connectivity index (χ3n) is 1.85. The first kappa shape index (κ1) is 11.2. The van der Waals surface area contributed by atoms with Gasteiger partial charge in [-0.2, -0.15) is 0 Å². The molecule has 0 spiro atoms. The van der Waals surface area contributed by atoms with Gasteiger partial charge in [0.05, 0.1) is 11.5 Å². The molecule has 0 saturated heterocycles. The third-order valence-corrected chi connectivity index (χ3v) is 1.85. The zero-order valence-electron chi connectivity index (χ0n) is 7.73. The number of fused-ring (bicyclic) bond motifs is 1. The van der Waals surface area contributed by atoms with Crippen molar-refractivity contribution in [3.8, 4) is 0 Å². The van der Waals surface area contributed by atoms with Crippen LogP contribution in [0.1, 0.15) is 10.4 Å². The summed E-state index contributed by atoms with van der Waals surface area (Å²) in [7, 11) is 0. The minimum atomic E-state index is -1.19. The van der Waals surface area contributed by atoms with Crippen LogP contribution in [0.5, 0.6) is 0 Å². The van der Waals surface area contributed by atoms with Crippen molar-refractivity contribution in [1.29, 1.82) is 0 Å². The molecule has 1 aromatic carbocycles. The van der Waals surface area contributed by atoms with Gasteiger partial charge in [0, 0.05) is 17.1 Å². The molecular weight excluding hydrogens is 189 g/mol. The molecule has 0 amide bonds. The first-order valence-electron chi connectivity index (χ1n) is 3.84. The number of carbonyl (C=O) groups is 1. The maximum Gasteiger partial charge on any atom is 1.00 e. The van der Waals surface area contributed by atoms with Gasteiger partial charge in [0.2, 0.25) is 0 Å². The number of nitrogens with zero attached hydrogens (tertiary/aromatic N) is 1. The summed E-state index contributed by atoms with van der Waals surface area (Å²) in [5, 5.41) is 11.5. The smallest absolute Gasteiger partial charge is 0.545 e. The Balaban J connectivity index is 0.000000980. The van der Waals surface area contributed by atoms with Crippen LogP contribution in [0.4, 0.5) is 0 Å². The van der Waals surface area contributed by atoms with Crippen LogP contribution in [0.2, 0.25) is 0 Å². The van der Waals surface area contributed by atoms with Gasteiger partial charge in [-0.15, -0.1) is 0 Å². The second-order valence-electron chi connectivity index (χ2n) is 2.67. The van der Waals surface area contributed by atoms with Crippen LogP contribution in [-0.4, -0.2) is 11.0 Å². The van der Waals surface area contributed by atoms with E-state index in [0.717, 1.165) is 5.39 Å². The van der Waals surface area contributed by atoms with E-state index in [9.17, 15) is 9.90 Å². The molecule has 2 aromatic rings. The van der Waals surface area contributed by atoms with Gasteiger partial charge in [0.15, 0.2) is 0 Å². The molecule has 2 rings (SSSR count). The fourth-order valence-electron chi connectivity index (χ4n) is 1.27. The van der Waals surface area contributed by atoms with Crippen molar-refractivity contribution >= 4 is 16.9 Å². The number of rotatable bonds is 1. The second kappa shape index (κ2) is 4.55. The maximum absolute atomic E-state index is 10.7. The van der Waals surface area contributed by atoms with Crippen molar-refractivity contribution in [1.82, 2.24) is 4.98 Å². The van der Waals surface area contributed by atoms with E-state index in [4.69, 9.17) is 0 Å². The normalized spacial score (nSPS) is 9.43. The van der Waals surface area contributed by atoms with E-state index >= 15 is 0 Å². The molecule has 0 aliphatic heterocycles. The van der Waals surface area contributed by atoms with Crippen LogP contribution >= 0.6 is 0 Å². The molecule has 1 aromatic heterocycles. The molecule has 64 valence electrons. The van der Waals surface area contributed by atoms with Gasteiger partial charge in [0.25, 0.3) is 0 Å². The zero-order valence-corrected chi connectivity index (χ0v) is 9.73. The number of benzene rings is 1. The van der Waals surface area contributed by atoms with Crippen LogP contribution in [0.15, 0.2) is 36.5 Å². The summed E-state index contributed by atoms with van der Waals surface area (Å²) in [5.41, 5.74) is 0.614. The number of carboxylic acid groups (broad SMARTS) is 1. The molecule has 4 heteroatoms. The molecule has 0 aliphatic carbocycles. The van der Waals surface area contributed by atoms with Gasteiger partial charge in [-0.05, 0) is 6.07 Å². The molecule has 14 heavy (non-hydrogen) atoms. The Kier molecular flexibility index (Phi) is 3.63. The van der Waals surface area contributed by atoms with E-state index in [1.54, 1.807) is 18.3 Å². The molecule has 0 aliphatic rings. The fourth-order valence-corrected chi connectivity index (χ4v) is 1.27. The molecular formula is C10H6NNaO2. The number of carboxylic acids is 1. The number of aromatic nitrogens is 1. The van der Waals surface area contributed by atoms with Crippen LogP contribution in [0, 0.1) is 0 Å². The first-order valence-corrected chi connectivity index (χ1v) is 3.84. The first-order chi connectivity index (χ1) is 6.29. The van der Waals surface area contributed by atoms with E-state index in [2.05, 4.69) is 4.98 Å². The standard InChI is InChI=1S/C10H7NO2.Na/c12-10(13)8-5-1-3-7-4-2-6-11-9(7)8;/h1-6H,(H,12,13);/q;+1/p-1. The Morgan fingerprint density at radius 2 is 1.93 bits per heavy atom. The van der Waals surface area contributed by atoms with E-state index in [0.29, 0.717) is 5.52 Å². The molecule has 0 atom stereocenters. The maximum atomic E-state index is 10.7. The number of aromatic carboxylic acids is 1. The van der Waals surface area contributed by atoms with E-state index < -0.39 is 5.97 Å². The summed E-state index contributed by atoms with van der Waals surface area (Å²) in [6.07, 6.45) is 1.56. The molecule has 0 fully saturated rings. The Bertz CT molecular complexity index is 465. The van der Waals surface area contributed by atoms with Gasteiger partial charge in [0.1, 0.15) is 0 Å². The summed E-state index contributed by atoms with van der Waals surface area (Å²) in [4.78, 5) is 14.6. The molecule has 0 N–H and O–H groups in total. The van der Waals surface area contributed by atoms with E-state index in [1.165, 1.54) is 6.07 Å². The Morgan fingerprint density at radius 3 is 2.64 bits per heavy atom. The Morgan fingerprint density at radius 1 is 1.21 bits per heavy atom. The SMILES string of the molecule is O=C([O-])c1cccc2cccnc12.[Na+]. The Labute approximate surface area is 103 Å². The number of hydrogen-bond donors (Lipinski definition) is 0. The number of hydrogen-bond acceptors (Lipinski definition) is 3. The van der Waals surface area contributed by atoms with Crippen LogP contribution in [-0.2, 0) is 0 Å². The molecule has 0 saturated carbocycles. The molecule has 1 heterocycles. The van der Waals surface area contributed by atoms with Gasteiger partial charge in [-0.1, -0.05) is 24.3 Å². The summed E-state index contributed by atoms with van der Waals surface area (Å²) in [6, 6.07) is 8.56. The number of carbonyl (C=O) groups excluding carboxylic acids is 1. The summed E-state index contributed by atoms with van der Waals surface area (Å²) >= 11 is 0. The van der Waals surface area contributed by atoms with E-state index in [-0.39, 0.29) is 35.1 Å². The topological polar surface area (TPSA) is 53.0 Å². The van der Waals surface area contributed by atoms with Crippen molar-refractivity contribution in [3.63, 3.8) is 0 Å². The Hall–Kier alpha value is -0.900. The number of para-hydroxylation sites is 1. The molecule has 3 nitrogen and oxygen atoms in total. The van der Waals surface area contributed by atoms with Gasteiger partial charge < -0.3 is 9.90 Å². The summed E-state index contributed by atoms with van der Waals surface area (Å²) < 4.78 is 0. The summed E-state index contributed by atoms with van der Waals surface area (Å²) in [6.45, 7) is 0. The average Bonchev–Trinajstić information content (AvgIpc) is 2.17. The van der Waals surface area contributed by atoms with Crippen molar-refractivity contribution in [2.45, 2.75) is 0 Å². The van der Waals surface area contributed by atoms with Crippen molar-refractivity contribution < 1.29 is 39.5 Å². The predicted octanol–water partition coefficient (Wildman–Crippen LogP) is -2.40. The summed E-state index contributed by atoms with van der Waals surface area (Å²) in [5.74, 6) is -1.19. The average molecular weight is 195 g/mol. The fraction of sp³-hybridized carbons (Fsp3) is 0. The van der Waals surface area contributed by atoms with Crippen LogP contribution in [0.3, 0.4) is 0 Å². The van der Waals surface area contributed by atoms with Crippen molar-refractivity contribution in [3.05, 3.63) is 42.1 Å². The van der Waals surface area contributed by atoms with Gasteiger partial charge in [-0.25, -0.2) is 0 Å². The monoisotopic (exact) mass is 195 g/mol. The van der Waals surface area contributed by atoms with Crippen LogP contribution in [0.25, 0.3) is 10.9 Å². The largest absolute Gasteiger partial charge is 1.00 e. The minimum absolute atomic E-state index is 0. The van der Waals surface area contributed by atoms with E-state index in [1.807, 2.05) is 12.1 Å². The van der Waals surface area contributed by atoms with Crippen molar-refractivity contribution in [2.75, 3.05) is 0 Å². The molecule has 0 unspecified atom stereocenters. The van der Waals surface area contributed by atoms with Gasteiger partial charge in [-0.3, -0.25) is 4.98 Å². The minimum Gasteiger partial charge on any atom is -0.545 e. The molecule has 0 radical (unpaired) electrons. The second-order valence-corrected chi connectivity index (χ2v) is 2.67. The van der Waals surface area contributed by atoms with Crippen LogP contribution < -0.4 is 34.7 Å². The predicted molar refractivity (Wildman–Crippen MR) is 46.1 cm³/mol. The number of pyridine rings is 1. The molecule has 0 bridgehead atoms.